The van der Waals surface area contributed by atoms with Gasteiger partial charge >= 0.3 is 0 Å². The Morgan fingerprint density at radius 1 is 1.21 bits per heavy atom. The lowest BCUT2D eigenvalue weighted by Gasteiger charge is -2.20. The number of rotatable bonds is 3. The number of halogens is 3. The first-order chi connectivity index (χ1) is 9.04. The molecule has 2 aromatic rings. The molecule has 0 aliphatic heterocycles. The van der Waals surface area contributed by atoms with Crippen molar-refractivity contribution in [2.75, 3.05) is 7.05 Å². The molecule has 2 rings (SSSR count). The van der Waals surface area contributed by atoms with Crippen LogP contribution in [0.1, 0.15) is 22.7 Å². The summed E-state index contributed by atoms with van der Waals surface area (Å²) >= 11 is 9.37. The lowest BCUT2D eigenvalue weighted by atomic mass is 9.97. The van der Waals surface area contributed by atoms with E-state index in [-0.39, 0.29) is 11.9 Å². The molecule has 1 nitrogen and oxygen atoms in total. The standard InChI is InChI=1S/C15H14BrClFN/c1-9-4-3-5-12(14(9)16)15(19-2)11-7-6-10(17)8-13(11)18/h3-8,15,19H,1-2H3. The van der Waals surface area contributed by atoms with E-state index in [0.29, 0.717) is 10.6 Å². The largest absolute Gasteiger partial charge is 0.309 e. The Morgan fingerprint density at radius 3 is 2.58 bits per heavy atom. The SMILES string of the molecule is CNC(c1ccc(Cl)cc1F)c1cccc(C)c1Br. The first-order valence-electron chi connectivity index (χ1n) is 5.92. The molecule has 0 saturated carbocycles. The molecular formula is C15H14BrClFN. The number of benzene rings is 2. The van der Waals surface area contributed by atoms with Gasteiger partial charge in [-0.2, -0.15) is 0 Å². The van der Waals surface area contributed by atoms with E-state index in [2.05, 4.69) is 21.2 Å². The Balaban J connectivity index is 2.53. The van der Waals surface area contributed by atoms with Gasteiger partial charge in [-0.05, 0) is 37.2 Å². The molecule has 0 spiro atoms. The van der Waals surface area contributed by atoms with E-state index >= 15 is 0 Å². The van der Waals surface area contributed by atoms with E-state index in [0.717, 1.165) is 15.6 Å². The van der Waals surface area contributed by atoms with Crippen LogP contribution in [0.4, 0.5) is 4.39 Å². The van der Waals surface area contributed by atoms with Crippen LogP contribution in [-0.2, 0) is 0 Å². The number of aryl methyl sites for hydroxylation is 1. The van der Waals surface area contributed by atoms with Gasteiger partial charge in [0.1, 0.15) is 5.82 Å². The van der Waals surface area contributed by atoms with Gasteiger partial charge in [0, 0.05) is 15.1 Å². The summed E-state index contributed by atoms with van der Waals surface area (Å²) in [6, 6.07) is 10.5. The van der Waals surface area contributed by atoms with Gasteiger partial charge in [-0.1, -0.05) is 51.8 Å². The van der Waals surface area contributed by atoms with Crippen LogP contribution in [-0.4, -0.2) is 7.05 Å². The third-order valence-electron chi connectivity index (χ3n) is 3.09. The normalized spacial score (nSPS) is 12.5. The second-order valence-electron chi connectivity index (χ2n) is 4.37. The molecule has 0 saturated heterocycles. The molecule has 0 amide bonds. The van der Waals surface area contributed by atoms with Gasteiger partial charge in [0.25, 0.3) is 0 Å². The van der Waals surface area contributed by atoms with E-state index in [4.69, 9.17) is 11.6 Å². The summed E-state index contributed by atoms with van der Waals surface area (Å²) in [7, 11) is 1.81. The van der Waals surface area contributed by atoms with Crippen LogP contribution in [0.25, 0.3) is 0 Å². The molecule has 0 aliphatic carbocycles. The van der Waals surface area contributed by atoms with Crippen LogP contribution in [0.15, 0.2) is 40.9 Å². The third kappa shape index (κ3) is 2.99. The summed E-state index contributed by atoms with van der Waals surface area (Å²) in [6.45, 7) is 2.01. The minimum absolute atomic E-state index is 0.216. The summed E-state index contributed by atoms with van der Waals surface area (Å²) in [5.74, 6) is -0.305. The van der Waals surface area contributed by atoms with Crippen LogP contribution in [0.2, 0.25) is 5.02 Å². The van der Waals surface area contributed by atoms with E-state index in [1.54, 1.807) is 12.1 Å². The van der Waals surface area contributed by atoms with Crippen molar-refractivity contribution in [1.29, 1.82) is 0 Å². The number of hydrogen-bond donors (Lipinski definition) is 1. The molecule has 19 heavy (non-hydrogen) atoms. The van der Waals surface area contributed by atoms with Crippen molar-refractivity contribution in [2.24, 2.45) is 0 Å². The van der Waals surface area contributed by atoms with Crippen molar-refractivity contribution < 1.29 is 4.39 Å². The average Bonchev–Trinajstić information content (AvgIpc) is 2.37. The highest BCUT2D eigenvalue weighted by Crippen LogP contribution is 2.32. The van der Waals surface area contributed by atoms with Crippen LogP contribution in [0, 0.1) is 12.7 Å². The quantitative estimate of drug-likeness (QED) is 0.840. The molecule has 1 N–H and O–H groups in total. The van der Waals surface area contributed by atoms with E-state index < -0.39 is 0 Å². The lowest BCUT2D eigenvalue weighted by Crippen LogP contribution is -2.19. The second-order valence-corrected chi connectivity index (χ2v) is 5.60. The van der Waals surface area contributed by atoms with E-state index in [9.17, 15) is 4.39 Å². The lowest BCUT2D eigenvalue weighted by molar-refractivity contribution is 0.575. The molecule has 1 unspecified atom stereocenters. The number of hydrogen-bond acceptors (Lipinski definition) is 1. The van der Waals surface area contributed by atoms with Crippen LogP contribution < -0.4 is 5.32 Å². The van der Waals surface area contributed by atoms with Gasteiger partial charge in [-0.15, -0.1) is 0 Å². The molecule has 2 aromatic carbocycles. The minimum atomic E-state index is -0.305. The topological polar surface area (TPSA) is 12.0 Å². The highest BCUT2D eigenvalue weighted by atomic mass is 79.9. The number of nitrogens with one attached hydrogen (secondary N) is 1. The molecule has 0 heterocycles. The zero-order valence-electron chi connectivity index (χ0n) is 10.7. The van der Waals surface area contributed by atoms with Crippen LogP contribution >= 0.6 is 27.5 Å². The second kappa shape index (κ2) is 6.04. The van der Waals surface area contributed by atoms with Crippen molar-refractivity contribution in [1.82, 2.24) is 5.32 Å². The molecule has 0 radical (unpaired) electrons. The van der Waals surface area contributed by atoms with Crippen molar-refractivity contribution in [3.05, 3.63) is 68.4 Å². The van der Waals surface area contributed by atoms with E-state index in [1.807, 2.05) is 32.2 Å². The van der Waals surface area contributed by atoms with Crippen molar-refractivity contribution in [3.63, 3.8) is 0 Å². The van der Waals surface area contributed by atoms with Crippen LogP contribution in [0.5, 0.6) is 0 Å². The monoisotopic (exact) mass is 341 g/mol. The molecule has 100 valence electrons. The third-order valence-corrected chi connectivity index (χ3v) is 4.41. The van der Waals surface area contributed by atoms with Gasteiger partial charge in [0.15, 0.2) is 0 Å². The fourth-order valence-electron chi connectivity index (χ4n) is 2.11. The molecule has 0 aromatic heterocycles. The average molecular weight is 343 g/mol. The summed E-state index contributed by atoms with van der Waals surface area (Å²) in [5, 5.41) is 3.55. The molecule has 4 heteroatoms. The molecule has 0 bridgehead atoms. The Morgan fingerprint density at radius 2 is 1.95 bits per heavy atom. The van der Waals surface area contributed by atoms with Gasteiger partial charge in [0.2, 0.25) is 0 Å². The van der Waals surface area contributed by atoms with Gasteiger partial charge < -0.3 is 5.32 Å². The summed E-state index contributed by atoms with van der Waals surface area (Å²) in [6.07, 6.45) is 0. The Hall–Kier alpha value is -0.900. The minimum Gasteiger partial charge on any atom is -0.309 e. The molecule has 1 atom stereocenters. The fourth-order valence-corrected chi connectivity index (χ4v) is 2.76. The Kier molecular flexibility index (Phi) is 4.61. The summed E-state index contributed by atoms with van der Waals surface area (Å²) < 4.78 is 15.1. The van der Waals surface area contributed by atoms with Gasteiger partial charge in [-0.25, -0.2) is 4.39 Å². The maximum absolute atomic E-state index is 14.1. The summed E-state index contributed by atoms with van der Waals surface area (Å²) in [4.78, 5) is 0. The predicted molar refractivity (Wildman–Crippen MR) is 81.2 cm³/mol. The first kappa shape index (κ1) is 14.5. The molecular weight excluding hydrogens is 329 g/mol. The molecule has 0 fully saturated rings. The van der Waals surface area contributed by atoms with Crippen LogP contribution in [0.3, 0.4) is 0 Å². The smallest absolute Gasteiger partial charge is 0.129 e. The van der Waals surface area contributed by atoms with Crippen molar-refractivity contribution >= 4 is 27.5 Å². The zero-order chi connectivity index (χ0) is 14.0. The highest BCUT2D eigenvalue weighted by Gasteiger charge is 2.19. The van der Waals surface area contributed by atoms with Gasteiger partial charge in [-0.3, -0.25) is 0 Å². The van der Waals surface area contributed by atoms with Crippen molar-refractivity contribution in [2.45, 2.75) is 13.0 Å². The predicted octanol–water partition coefficient (Wildman–Crippen LogP) is 4.86. The van der Waals surface area contributed by atoms with Crippen molar-refractivity contribution in [3.8, 4) is 0 Å². The maximum Gasteiger partial charge on any atom is 0.129 e. The van der Waals surface area contributed by atoms with E-state index in [1.165, 1.54) is 6.07 Å². The highest BCUT2D eigenvalue weighted by molar-refractivity contribution is 9.10. The Labute approximate surface area is 125 Å². The first-order valence-corrected chi connectivity index (χ1v) is 7.09. The zero-order valence-corrected chi connectivity index (χ0v) is 13.0. The molecule has 0 aliphatic rings. The fraction of sp³-hybridized carbons (Fsp3) is 0.200. The maximum atomic E-state index is 14.1. The summed E-state index contributed by atoms with van der Waals surface area (Å²) in [5.41, 5.74) is 2.70. The van der Waals surface area contributed by atoms with Gasteiger partial charge in [0.05, 0.1) is 6.04 Å². The Bertz CT molecular complexity index is 601.